The molecule has 2 fully saturated rings. The molecule has 1 amide bonds. The number of anilines is 1. The molecular weight excluding hydrogens is 298 g/mol. The van der Waals surface area contributed by atoms with E-state index in [1.165, 1.54) is 0 Å². The Hall–Kier alpha value is -2.38. The monoisotopic (exact) mass is 317 g/mol. The molecule has 1 unspecified atom stereocenters. The normalized spacial score (nSPS) is 24.8. The van der Waals surface area contributed by atoms with Gasteiger partial charge in [-0.25, -0.2) is 14.8 Å². The van der Waals surface area contributed by atoms with Crippen molar-refractivity contribution in [2.75, 3.05) is 24.5 Å². The van der Waals surface area contributed by atoms with Crippen LogP contribution in [-0.2, 0) is 4.74 Å². The van der Waals surface area contributed by atoms with Crippen LogP contribution in [0, 0.1) is 13.8 Å². The van der Waals surface area contributed by atoms with Gasteiger partial charge in [0.15, 0.2) is 17.2 Å². The lowest BCUT2D eigenvalue weighted by Crippen LogP contribution is -2.35. The van der Waals surface area contributed by atoms with Gasteiger partial charge in [0.05, 0.1) is 6.54 Å². The number of aromatic nitrogens is 3. The minimum atomic E-state index is -0.382. The van der Waals surface area contributed by atoms with E-state index in [1.807, 2.05) is 13.8 Å². The van der Waals surface area contributed by atoms with E-state index < -0.39 is 0 Å². The number of hydrogen-bond acceptors (Lipinski definition) is 7. The molecule has 8 heteroatoms. The van der Waals surface area contributed by atoms with Crippen molar-refractivity contribution in [3.63, 3.8) is 0 Å². The zero-order valence-electron chi connectivity index (χ0n) is 13.3. The van der Waals surface area contributed by atoms with Crippen molar-refractivity contribution in [3.8, 4) is 0 Å². The maximum atomic E-state index is 11.4. The van der Waals surface area contributed by atoms with Gasteiger partial charge in [0.25, 0.3) is 5.71 Å². The van der Waals surface area contributed by atoms with E-state index in [1.54, 1.807) is 0 Å². The van der Waals surface area contributed by atoms with Crippen LogP contribution in [0.25, 0.3) is 11.2 Å². The minimum absolute atomic E-state index is 0.314. The smallest absolute Gasteiger partial charge is 0.407 e. The van der Waals surface area contributed by atoms with Crippen LogP contribution in [0.2, 0.25) is 0 Å². The number of nitrogens with zero attached hydrogens (tertiary/aromatic N) is 4. The number of amides is 1. The lowest BCUT2D eigenvalue weighted by Gasteiger charge is -2.25. The molecule has 4 heterocycles. The zero-order valence-corrected chi connectivity index (χ0v) is 13.3. The Morgan fingerprint density at radius 1 is 1.17 bits per heavy atom. The van der Waals surface area contributed by atoms with Gasteiger partial charge in [0, 0.05) is 26.4 Å². The Labute approximate surface area is 133 Å². The first-order valence-corrected chi connectivity index (χ1v) is 7.88. The third-order valence-corrected chi connectivity index (χ3v) is 4.52. The molecule has 2 aromatic rings. The van der Waals surface area contributed by atoms with Crippen LogP contribution >= 0.6 is 0 Å². The molecule has 2 saturated heterocycles. The van der Waals surface area contributed by atoms with E-state index in [-0.39, 0.29) is 11.7 Å². The molecule has 23 heavy (non-hydrogen) atoms. The second-order valence-corrected chi connectivity index (χ2v) is 6.25. The summed E-state index contributed by atoms with van der Waals surface area (Å²) in [7, 11) is 0. The predicted molar refractivity (Wildman–Crippen MR) is 82.4 cm³/mol. The van der Waals surface area contributed by atoms with Gasteiger partial charge in [-0.3, -0.25) is 0 Å². The summed E-state index contributed by atoms with van der Waals surface area (Å²) in [6.07, 6.45) is 2.24. The Balaban J connectivity index is 1.65. The molecule has 2 aliphatic heterocycles. The summed E-state index contributed by atoms with van der Waals surface area (Å²) in [5.41, 5.74) is 0.843. The summed E-state index contributed by atoms with van der Waals surface area (Å²) in [5, 5.41) is 2.77. The van der Waals surface area contributed by atoms with Gasteiger partial charge >= 0.3 is 6.09 Å². The van der Waals surface area contributed by atoms with Gasteiger partial charge in [-0.2, -0.15) is 4.98 Å². The Morgan fingerprint density at radius 3 is 2.83 bits per heavy atom. The maximum absolute atomic E-state index is 11.4. The Morgan fingerprint density at radius 2 is 2.04 bits per heavy atom. The second-order valence-electron chi connectivity index (χ2n) is 6.25. The number of oxazole rings is 1. The number of ether oxygens (including phenoxy) is 1. The molecule has 1 N–H and O–H groups in total. The SMILES string of the molecule is Cc1nc(N2CCCC3(CC2)CNC(=O)O3)c2nc(C)oc2n1. The van der Waals surface area contributed by atoms with Crippen LogP contribution in [0.5, 0.6) is 0 Å². The molecule has 1 spiro atoms. The number of hydrogen-bond donors (Lipinski definition) is 1. The molecule has 122 valence electrons. The lowest BCUT2D eigenvalue weighted by atomic mass is 9.95. The highest BCUT2D eigenvalue weighted by Gasteiger charge is 2.41. The maximum Gasteiger partial charge on any atom is 0.407 e. The zero-order chi connectivity index (χ0) is 16.0. The van der Waals surface area contributed by atoms with Crippen molar-refractivity contribution >= 4 is 23.1 Å². The topological polar surface area (TPSA) is 93.4 Å². The first-order valence-electron chi connectivity index (χ1n) is 7.88. The number of carbonyl (C=O) groups excluding carboxylic acids is 1. The molecule has 1 atom stereocenters. The summed E-state index contributed by atoms with van der Waals surface area (Å²) < 4.78 is 11.1. The molecule has 2 aliphatic rings. The quantitative estimate of drug-likeness (QED) is 0.855. The first kappa shape index (κ1) is 14.2. The predicted octanol–water partition coefficient (Wildman–Crippen LogP) is 1.70. The summed E-state index contributed by atoms with van der Waals surface area (Å²) >= 11 is 0. The molecule has 2 aromatic heterocycles. The highest BCUT2D eigenvalue weighted by molar-refractivity contribution is 5.82. The Kier molecular flexibility index (Phi) is 3.14. The third kappa shape index (κ3) is 2.47. The highest BCUT2D eigenvalue weighted by atomic mass is 16.6. The molecule has 0 radical (unpaired) electrons. The average molecular weight is 317 g/mol. The van der Waals surface area contributed by atoms with E-state index in [9.17, 15) is 4.79 Å². The molecule has 0 saturated carbocycles. The van der Waals surface area contributed by atoms with E-state index in [0.717, 1.165) is 38.2 Å². The highest BCUT2D eigenvalue weighted by Crippen LogP contribution is 2.32. The van der Waals surface area contributed by atoms with Gasteiger partial charge in [-0.05, 0) is 19.8 Å². The fraction of sp³-hybridized carbons (Fsp3) is 0.600. The van der Waals surface area contributed by atoms with Crippen LogP contribution in [0.3, 0.4) is 0 Å². The number of nitrogens with one attached hydrogen (secondary N) is 1. The summed E-state index contributed by atoms with van der Waals surface area (Å²) in [6, 6.07) is 0. The lowest BCUT2D eigenvalue weighted by molar-refractivity contribution is 0.0473. The number of aryl methyl sites for hydroxylation is 2. The molecule has 0 bridgehead atoms. The number of carbonyl (C=O) groups is 1. The fourth-order valence-corrected chi connectivity index (χ4v) is 3.40. The molecule has 8 nitrogen and oxygen atoms in total. The fourth-order valence-electron chi connectivity index (χ4n) is 3.40. The van der Waals surface area contributed by atoms with E-state index in [2.05, 4.69) is 25.2 Å². The van der Waals surface area contributed by atoms with Gasteiger partial charge in [-0.1, -0.05) is 0 Å². The second kappa shape index (κ2) is 5.07. The van der Waals surface area contributed by atoms with Gasteiger partial charge in [0.2, 0.25) is 0 Å². The van der Waals surface area contributed by atoms with Gasteiger partial charge < -0.3 is 19.4 Å². The first-order chi connectivity index (χ1) is 11.0. The van der Waals surface area contributed by atoms with Crippen molar-refractivity contribution in [2.45, 2.75) is 38.7 Å². The standard InChI is InChI=1S/C15H19N5O3/c1-9-17-12(11-13(18-9)22-10(2)19-11)20-6-3-4-15(5-7-20)8-16-14(21)23-15/h3-8H2,1-2H3,(H,16,21). The van der Waals surface area contributed by atoms with Crippen LogP contribution in [0.15, 0.2) is 4.42 Å². The van der Waals surface area contributed by atoms with Crippen LogP contribution in [0.1, 0.15) is 31.0 Å². The van der Waals surface area contributed by atoms with Crippen molar-refractivity contribution in [1.29, 1.82) is 0 Å². The Bertz CT molecular complexity index is 774. The van der Waals surface area contributed by atoms with E-state index in [4.69, 9.17) is 9.15 Å². The number of fused-ring (bicyclic) bond motifs is 1. The third-order valence-electron chi connectivity index (χ3n) is 4.52. The minimum Gasteiger partial charge on any atom is -0.441 e. The average Bonchev–Trinajstić information content (AvgIpc) is 2.96. The molecule has 0 aliphatic carbocycles. The van der Waals surface area contributed by atoms with Crippen molar-refractivity contribution in [3.05, 3.63) is 11.7 Å². The summed E-state index contributed by atoms with van der Waals surface area (Å²) in [5.74, 6) is 2.05. The molecular formula is C15H19N5O3. The number of alkyl carbamates (subject to hydrolysis) is 1. The van der Waals surface area contributed by atoms with Crippen LogP contribution in [-0.4, -0.2) is 46.3 Å². The van der Waals surface area contributed by atoms with Crippen LogP contribution < -0.4 is 10.2 Å². The van der Waals surface area contributed by atoms with E-state index in [0.29, 0.717) is 29.5 Å². The molecule has 4 rings (SSSR count). The van der Waals surface area contributed by atoms with Gasteiger partial charge in [-0.15, -0.1) is 0 Å². The van der Waals surface area contributed by atoms with Crippen molar-refractivity contribution in [2.24, 2.45) is 0 Å². The largest absolute Gasteiger partial charge is 0.441 e. The summed E-state index contributed by atoms with van der Waals surface area (Å²) in [4.78, 5) is 26.9. The number of rotatable bonds is 1. The van der Waals surface area contributed by atoms with E-state index >= 15 is 0 Å². The van der Waals surface area contributed by atoms with Crippen molar-refractivity contribution in [1.82, 2.24) is 20.3 Å². The van der Waals surface area contributed by atoms with Crippen LogP contribution in [0.4, 0.5) is 10.6 Å². The van der Waals surface area contributed by atoms with Gasteiger partial charge in [0.1, 0.15) is 11.4 Å². The van der Waals surface area contributed by atoms with Crippen molar-refractivity contribution < 1.29 is 13.9 Å². The molecule has 0 aromatic carbocycles. The summed E-state index contributed by atoms with van der Waals surface area (Å²) in [6.45, 7) is 5.84.